The molecule has 3 aromatic carbocycles. The summed E-state index contributed by atoms with van der Waals surface area (Å²) >= 11 is 3.09. The van der Waals surface area contributed by atoms with Gasteiger partial charge >= 0.3 is 0 Å². The number of hydrogen-bond donors (Lipinski definition) is 4. The molecular formula is C20H13BrN2O6S. The molecule has 0 saturated heterocycles. The fraction of sp³-hybridized carbons (Fsp3) is 0. The van der Waals surface area contributed by atoms with E-state index in [1.807, 2.05) is 0 Å². The lowest BCUT2D eigenvalue weighted by molar-refractivity contribution is 0.0975. The van der Waals surface area contributed by atoms with Crippen LogP contribution in [-0.4, -0.2) is 30.2 Å². The van der Waals surface area contributed by atoms with Crippen molar-refractivity contribution in [3.8, 4) is 11.5 Å². The summed E-state index contributed by atoms with van der Waals surface area (Å²) in [4.78, 5) is 25.6. The molecule has 0 spiro atoms. The highest BCUT2D eigenvalue weighted by atomic mass is 79.9. The maximum absolute atomic E-state index is 13.2. The number of carbonyl (C=O) groups is 2. The van der Waals surface area contributed by atoms with Crippen molar-refractivity contribution in [1.29, 1.82) is 0 Å². The molecule has 0 aromatic heterocycles. The molecule has 1 aliphatic carbocycles. The van der Waals surface area contributed by atoms with Crippen LogP contribution in [0.3, 0.4) is 0 Å². The number of sulfone groups is 1. The normalized spacial score (nSPS) is 13.1. The maximum Gasteiger partial charge on any atom is 0.208 e. The number of rotatable bonds is 2. The molecule has 0 saturated carbocycles. The minimum absolute atomic E-state index is 0.106. The number of hydrogen-bond acceptors (Lipinski definition) is 8. The predicted molar refractivity (Wildman–Crippen MR) is 111 cm³/mol. The Morgan fingerprint density at radius 2 is 1.27 bits per heavy atom. The Labute approximate surface area is 178 Å². The summed E-state index contributed by atoms with van der Waals surface area (Å²) in [5.74, 6) is -3.06. The van der Waals surface area contributed by atoms with Crippen molar-refractivity contribution in [2.75, 3.05) is 11.5 Å². The third-order valence-electron chi connectivity index (χ3n) is 4.86. The highest BCUT2D eigenvalue weighted by Crippen LogP contribution is 2.45. The van der Waals surface area contributed by atoms with Gasteiger partial charge in [0.2, 0.25) is 21.4 Å². The lowest BCUT2D eigenvalue weighted by Crippen LogP contribution is -2.25. The number of fused-ring (bicyclic) bond motifs is 2. The molecule has 30 heavy (non-hydrogen) atoms. The lowest BCUT2D eigenvalue weighted by atomic mass is 9.81. The molecule has 0 bridgehead atoms. The molecule has 152 valence electrons. The number of nitrogens with two attached hydrogens (primary N) is 2. The van der Waals surface area contributed by atoms with Crippen molar-refractivity contribution in [3.63, 3.8) is 0 Å². The van der Waals surface area contributed by atoms with Crippen molar-refractivity contribution in [2.45, 2.75) is 9.79 Å². The van der Waals surface area contributed by atoms with Gasteiger partial charge in [-0.15, -0.1) is 0 Å². The summed E-state index contributed by atoms with van der Waals surface area (Å²) in [5.41, 5.74) is 9.66. The van der Waals surface area contributed by atoms with Gasteiger partial charge in [-0.25, -0.2) is 8.42 Å². The van der Waals surface area contributed by atoms with Gasteiger partial charge in [0.05, 0.1) is 43.4 Å². The zero-order valence-corrected chi connectivity index (χ0v) is 17.4. The Kier molecular flexibility index (Phi) is 4.37. The Hall–Kier alpha value is -3.37. The second-order valence-electron chi connectivity index (χ2n) is 6.57. The Balaban J connectivity index is 2.06. The van der Waals surface area contributed by atoms with Crippen LogP contribution >= 0.6 is 15.9 Å². The van der Waals surface area contributed by atoms with Crippen LogP contribution in [0.5, 0.6) is 11.5 Å². The van der Waals surface area contributed by atoms with Gasteiger partial charge in [-0.3, -0.25) is 9.59 Å². The van der Waals surface area contributed by atoms with Crippen molar-refractivity contribution in [3.05, 3.63) is 69.2 Å². The van der Waals surface area contributed by atoms with Crippen molar-refractivity contribution < 1.29 is 28.2 Å². The van der Waals surface area contributed by atoms with E-state index in [-0.39, 0.29) is 20.6 Å². The zero-order chi connectivity index (χ0) is 22.0. The van der Waals surface area contributed by atoms with Gasteiger partial charge in [-0.2, -0.15) is 0 Å². The first-order valence-electron chi connectivity index (χ1n) is 8.43. The van der Waals surface area contributed by atoms with Crippen LogP contribution in [0.4, 0.5) is 11.4 Å². The summed E-state index contributed by atoms with van der Waals surface area (Å²) in [6, 6.07) is 9.27. The van der Waals surface area contributed by atoms with E-state index in [9.17, 15) is 28.2 Å². The minimum atomic E-state index is -4.21. The molecule has 10 heteroatoms. The number of nitrogen functional groups attached to an aromatic ring is 2. The Morgan fingerprint density at radius 3 is 1.83 bits per heavy atom. The van der Waals surface area contributed by atoms with E-state index in [0.29, 0.717) is 0 Å². The van der Waals surface area contributed by atoms with Crippen LogP contribution in [0.25, 0.3) is 0 Å². The monoisotopic (exact) mass is 488 g/mol. The number of phenolic OH excluding ortho intramolecular Hbond substituents is 2. The Morgan fingerprint density at radius 1 is 0.767 bits per heavy atom. The van der Waals surface area contributed by atoms with E-state index >= 15 is 0 Å². The first kappa shape index (κ1) is 19.9. The summed E-state index contributed by atoms with van der Waals surface area (Å²) in [6.45, 7) is 0. The molecule has 0 aliphatic heterocycles. The molecule has 0 fully saturated rings. The molecule has 0 amide bonds. The Bertz CT molecular complexity index is 1380. The lowest BCUT2D eigenvalue weighted by Gasteiger charge is -2.23. The molecule has 0 atom stereocenters. The van der Waals surface area contributed by atoms with Crippen molar-refractivity contribution in [2.24, 2.45) is 0 Å². The summed E-state index contributed by atoms with van der Waals surface area (Å²) in [7, 11) is -4.21. The quantitative estimate of drug-likeness (QED) is 0.247. The molecule has 3 aromatic rings. The number of benzene rings is 3. The average molecular weight is 489 g/mol. The van der Waals surface area contributed by atoms with Crippen molar-refractivity contribution in [1.82, 2.24) is 0 Å². The van der Waals surface area contributed by atoms with E-state index in [4.69, 9.17) is 11.5 Å². The van der Waals surface area contributed by atoms with E-state index in [1.54, 1.807) is 6.07 Å². The largest absolute Gasteiger partial charge is 0.507 e. The van der Waals surface area contributed by atoms with E-state index < -0.39 is 60.2 Å². The van der Waals surface area contributed by atoms with Gasteiger partial charge < -0.3 is 21.7 Å². The van der Waals surface area contributed by atoms with Gasteiger partial charge in [0, 0.05) is 10.5 Å². The first-order chi connectivity index (χ1) is 14.1. The van der Waals surface area contributed by atoms with Gasteiger partial charge in [0.1, 0.15) is 11.5 Å². The first-order valence-corrected chi connectivity index (χ1v) is 10.7. The smallest absolute Gasteiger partial charge is 0.208 e. The van der Waals surface area contributed by atoms with Crippen LogP contribution in [0.15, 0.2) is 56.7 Å². The van der Waals surface area contributed by atoms with Gasteiger partial charge in [0.15, 0.2) is 0 Å². The topological polar surface area (TPSA) is 161 Å². The molecule has 0 heterocycles. The summed E-state index contributed by atoms with van der Waals surface area (Å²) in [5, 5.41) is 20.8. The van der Waals surface area contributed by atoms with Gasteiger partial charge in [-0.05, 0) is 34.1 Å². The van der Waals surface area contributed by atoms with E-state index in [2.05, 4.69) is 15.9 Å². The molecule has 6 N–H and O–H groups in total. The van der Waals surface area contributed by atoms with Crippen molar-refractivity contribution >= 4 is 48.7 Å². The third-order valence-corrected chi connectivity index (χ3v) is 7.32. The number of halogens is 1. The fourth-order valence-corrected chi connectivity index (χ4v) is 5.29. The minimum Gasteiger partial charge on any atom is -0.507 e. The summed E-state index contributed by atoms with van der Waals surface area (Å²) in [6.07, 6.45) is 0. The standard InChI is InChI=1S/C20H13BrN2O6S/c21-9-6-10(24)13-15(17(9)22)19(26)14-11(25)7-12(18(23)16(14)20(13)27)30(28,29)8-4-2-1-3-5-8/h1-7,24-25H,22-23H2. The third kappa shape index (κ3) is 2.61. The number of ketones is 2. The molecule has 8 nitrogen and oxygen atoms in total. The van der Waals surface area contributed by atoms with Crippen LogP contribution in [0, 0.1) is 0 Å². The molecular weight excluding hydrogens is 476 g/mol. The highest BCUT2D eigenvalue weighted by molar-refractivity contribution is 9.10. The van der Waals surface area contributed by atoms with Gasteiger partial charge in [0.25, 0.3) is 0 Å². The molecule has 0 radical (unpaired) electrons. The van der Waals surface area contributed by atoms with Crippen LogP contribution < -0.4 is 11.5 Å². The van der Waals surface area contributed by atoms with E-state index in [0.717, 1.165) is 12.1 Å². The second-order valence-corrected chi connectivity index (χ2v) is 9.35. The average Bonchev–Trinajstić information content (AvgIpc) is 2.70. The van der Waals surface area contributed by atoms with E-state index in [1.165, 1.54) is 24.3 Å². The van der Waals surface area contributed by atoms with Crippen LogP contribution in [0.1, 0.15) is 31.8 Å². The van der Waals surface area contributed by atoms with Crippen LogP contribution in [-0.2, 0) is 9.84 Å². The zero-order valence-electron chi connectivity index (χ0n) is 15.0. The summed E-state index contributed by atoms with van der Waals surface area (Å²) < 4.78 is 26.2. The molecule has 0 unspecified atom stereocenters. The number of carbonyl (C=O) groups excluding carboxylic acids is 2. The number of phenols is 2. The maximum atomic E-state index is 13.2. The molecule has 1 aliphatic rings. The van der Waals surface area contributed by atoms with Crippen LogP contribution in [0.2, 0.25) is 0 Å². The SMILES string of the molecule is Nc1c(Br)cc(O)c2c1C(=O)c1c(O)cc(S(=O)(=O)c3ccccc3)c(N)c1C2=O. The highest BCUT2D eigenvalue weighted by Gasteiger charge is 2.40. The second kappa shape index (κ2) is 6.57. The number of anilines is 2. The fourth-order valence-electron chi connectivity index (χ4n) is 3.44. The predicted octanol–water partition coefficient (Wildman–Crippen LogP) is 2.63. The molecule has 4 rings (SSSR count). The number of aromatic hydroxyl groups is 2. The van der Waals surface area contributed by atoms with Gasteiger partial charge in [-0.1, -0.05) is 18.2 Å².